The lowest BCUT2D eigenvalue weighted by molar-refractivity contribution is -0.149. The summed E-state index contributed by atoms with van der Waals surface area (Å²) in [5.74, 6) is 0.0950. The molecule has 3 aromatic rings. The molecule has 0 radical (unpaired) electrons. The molecule has 7 rings (SSSR count). The van der Waals surface area contributed by atoms with Gasteiger partial charge in [0.2, 0.25) is 11.8 Å². The lowest BCUT2D eigenvalue weighted by atomic mass is 9.82. The van der Waals surface area contributed by atoms with Gasteiger partial charge in [-0.05, 0) is 80.2 Å². The second-order valence-electron chi connectivity index (χ2n) is 14.8. The van der Waals surface area contributed by atoms with Crippen LogP contribution >= 0.6 is 0 Å². The number of amides is 3. The number of hydrogen-bond acceptors (Lipinski definition) is 7. The molecule has 3 aromatic carbocycles. The number of aliphatic hydroxyl groups excluding tert-OH is 1. The van der Waals surface area contributed by atoms with Crippen molar-refractivity contribution in [3.63, 3.8) is 0 Å². The lowest BCUT2D eigenvalue weighted by Crippen LogP contribution is -2.52. The number of methoxy groups -OCH3 is 1. The molecule has 50 heavy (non-hydrogen) atoms. The van der Waals surface area contributed by atoms with Gasteiger partial charge in [-0.1, -0.05) is 55.5 Å². The molecule has 4 aliphatic heterocycles. The van der Waals surface area contributed by atoms with Crippen LogP contribution in [0.1, 0.15) is 44.6 Å². The van der Waals surface area contributed by atoms with Gasteiger partial charge in [0.1, 0.15) is 5.75 Å². The molecule has 0 aromatic heterocycles. The standard InChI is InChI=1S/C39H48N4O6Si/c1-25-36(50(3,4)30-17-15-29(48-2)16-18-30)34(23-35(45)42-21-9-12-28(42)24-44)49-39(25)31-22-26(41-37(46)32-13-8-20-40-32)14-19-33(31)43(38(39)47)27-10-6-5-7-11-27/h5-7,10-11,14-19,22,25,28,32,34,36,40,44H,8-9,12-13,20-21,23-24H2,1-4H3,(H,41,46)/t25-,28-,32+,34+,36-,39+/m0/s1. The average Bonchev–Trinajstić information content (AvgIpc) is 3.92. The highest BCUT2D eigenvalue weighted by atomic mass is 28.3. The highest BCUT2D eigenvalue weighted by Gasteiger charge is 2.67. The van der Waals surface area contributed by atoms with Crippen molar-refractivity contribution in [3.05, 3.63) is 78.4 Å². The molecule has 6 atom stereocenters. The molecule has 10 nitrogen and oxygen atoms in total. The smallest absolute Gasteiger partial charge is 0.268 e. The molecule has 264 valence electrons. The van der Waals surface area contributed by atoms with E-state index in [4.69, 9.17) is 9.47 Å². The third kappa shape index (κ3) is 5.74. The highest BCUT2D eigenvalue weighted by Crippen LogP contribution is 2.61. The van der Waals surface area contributed by atoms with Crippen LogP contribution in [-0.2, 0) is 24.7 Å². The van der Waals surface area contributed by atoms with Gasteiger partial charge in [-0.25, -0.2) is 0 Å². The molecule has 4 aliphatic rings. The molecule has 1 spiro atoms. The number of nitrogens with zero attached hydrogens (tertiary/aromatic N) is 2. The van der Waals surface area contributed by atoms with Crippen molar-refractivity contribution in [1.29, 1.82) is 0 Å². The quantitative estimate of drug-likeness (QED) is 0.279. The van der Waals surface area contributed by atoms with Crippen LogP contribution in [0.25, 0.3) is 0 Å². The molecule has 0 unspecified atom stereocenters. The van der Waals surface area contributed by atoms with Crippen molar-refractivity contribution in [2.75, 3.05) is 37.0 Å². The van der Waals surface area contributed by atoms with Crippen LogP contribution in [0.5, 0.6) is 5.75 Å². The summed E-state index contributed by atoms with van der Waals surface area (Å²) in [7, 11) is -0.843. The van der Waals surface area contributed by atoms with Gasteiger partial charge in [0, 0.05) is 29.4 Å². The fourth-order valence-corrected chi connectivity index (χ4v) is 13.1. The predicted octanol–water partition coefficient (Wildman–Crippen LogP) is 4.65. The van der Waals surface area contributed by atoms with Crippen molar-refractivity contribution in [3.8, 4) is 5.75 Å². The number of rotatable bonds is 9. The van der Waals surface area contributed by atoms with Gasteiger partial charge in [0.25, 0.3) is 5.91 Å². The Hall–Kier alpha value is -4.03. The number of likely N-dealkylation sites (tertiary alicyclic amines) is 1. The summed E-state index contributed by atoms with van der Waals surface area (Å²) in [6, 6.07) is 22.9. The molecule has 11 heteroatoms. The van der Waals surface area contributed by atoms with Gasteiger partial charge < -0.3 is 30.1 Å². The number of hydrogen-bond donors (Lipinski definition) is 3. The van der Waals surface area contributed by atoms with Crippen molar-refractivity contribution < 1.29 is 29.0 Å². The van der Waals surface area contributed by atoms with Crippen molar-refractivity contribution in [1.82, 2.24) is 10.2 Å². The third-order valence-electron chi connectivity index (χ3n) is 11.7. The minimum atomic E-state index is -2.49. The van der Waals surface area contributed by atoms with Gasteiger partial charge in [-0.15, -0.1) is 0 Å². The summed E-state index contributed by atoms with van der Waals surface area (Å²) in [6.07, 6.45) is 2.89. The van der Waals surface area contributed by atoms with Crippen LogP contribution in [0.2, 0.25) is 18.6 Å². The Kier molecular flexibility index (Phi) is 9.36. The maximum absolute atomic E-state index is 15.2. The lowest BCUT2D eigenvalue weighted by Gasteiger charge is -2.37. The number of fused-ring (bicyclic) bond motifs is 2. The van der Waals surface area contributed by atoms with E-state index in [2.05, 4.69) is 42.8 Å². The summed E-state index contributed by atoms with van der Waals surface area (Å²) in [5.41, 5.74) is 1.20. The van der Waals surface area contributed by atoms with E-state index in [0.29, 0.717) is 23.5 Å². The SMILES string of the molecule is COc1ccc([Si](C)(C)[C@@H]2[C@@H](CC(=O)N3CCC[C@H]3CO)O[C@]3(C(=O)N(c4ccccc4)c4ccc(NC(=O)[C@H]5CCCN5)cc43)[C@H]2C)cc1. The first-order valence-electron chi connectivity index (χ1n) is 17.9. The number of aliphatic hydroxyl groups is 1. The van der Waals surface area contributed by atoms with Gasteiger partial charge >= 0.3 is 0 Å². The first kappa shape index (κ1) is 34.4. The summed E-state index contributed by atoms with van der Waals surface area (Å²) >= 11 is 0. The number of carbonyl (C=O) groups excluding carboxylic acids is 3. The monoisotopic (exact) mass is 696 g/mol. The van der Waals surface area contributed by atoms with E-state index >= 15 is 4.79 Å². The maximum Gasteiger partial charge on any atom is 0.268 e. The van der Waals surface area contributed by atoms with Crippen LogP contribution in [0.4, 0.5) is 17.1 Å². The molecular formula is C39H48N4O6Si. The van der Waals surface area contributed by atoms with E-state index < -0.39 is 19.8 Å². The molecule has 0 aliphatic carbocycles. The number of para-hydroxylation sites is 1. The zero-order valence-electron chi connectivity index (χ0n) is 29.4. The van der Waals surface area contributed by atoms with Crippen molar-refractivity contribution in [2.45, 2.75) is 81.5 Å². The van der Waals surface area contributed by atoms with E-state index in [-0.39, 0.29) is 54.3 Å². The van der Waals surface area contributed by atoms with Gasteiger partial charge in [0.05, 0.1) is 52.1 Å². The normalized spacial score (nSPS) is 27.6. The topological polar surface area (TPSA) is 120 Å². The minimum absolute atomic E-state index is 0.0593. The van der Waals surface area contributed by atoms with Gasteiger partial charge in [-0.3, -0.25) is 19.3 Å². The second kappa shape index (κ2) is 13.6. The van der Waals surface area contributed by atoms with E-state index in [9.17, 15) is 14.7 Å². The van der Waals surface area contributed by atoms with Crippen molar-refractivity contribution >= 4 is 48.0 Å². The Morgan fingerprint density at radius 2 is 1.82 bits per heavy atom. The Morgan fingerprint density at radius 3 is 2.50 bits per heavy atom. The molecule has 3 fully saturated rings. The van der Waals surface area contributed by atoms with E-state index in [0.717, 1.165) is 43.7 Å². The molecule has 3 N–H and O–H groups in total. The Labute approximate surface area is 295 Å². The molecule has 0 bridgehead atoms. The zero-order valence-corrected chi connectivity index (χ0v) is 30.4. The number of benzene rings is 3. The number of anilines is 3. The Morgan fingerprint density at radius 1 is 1.06 bits per heavy atom. The molecule has 0 saturated carbocycles. The second-order valence-corrected chi connectivity index (χ2v) is 19.5. The van der Waals surface area contributed by atoms with Crippen LogP contribution in [0, 0.1) is 5.92 Å². The van der Waals surface area contributed by atoms with Crippen molar-refractivity contribution in [2.24, 2.45) is 5.92 Å². The Balaban J connectivity index is 1.34. The van der Waals surface area contributed by atoms with Gasteiger partial charge in [0.15, 0.2) is 5.60 Å². The Bertz CT molecular complexity index is 1750. The summed E-state index contributed by atoms with van der Waals surface area (Å²) in [5, 5.41) is 17.6. The molecule has 4 heterocycles. The zero-order chi connectivity index (χ0) is 35.2. The fraction of sp³-hybridized carbons (Fsp3) is 0.462. The predicted molar refractivity (Wildman–Crippen MR) is 196 cm³/mol. The van der Waals surface area contributed by atoms with Gasteiger partial charge in [-0.2, -0.15) is 0 Å². The number of ether oxygens (including phenoxy) is 2. The summed E-state index contributed by atoms with van der Waals surface area (Å²) in [4.78, 5) is 46.0. The maximum atomic E-state index is 15.2. The molecular weight excluding hydrogens is 649 g/mol. The summed E-state index contributed by atoms with van der Waals surface area (Å²) < 4.78 is 12.7. The largest absolute Gasteiger partial charge is 0.497 e. The van der Waals surface area contributed by atoms with Crippen LogP contribution in [0.15, 0.2) is 72.8 Å². The molecule has 3 saturated heterocycles. The highest BCUT2D eigenvalue weighted by molar-refractivity contribution is 6.91. The van der Waals surface area contributed by atoms with E-state index in [1.54, 1.807) is 16.9 Å². The first-order valence-corrected chi connectivity index (χ1v) is 21.0. The van der Waals surface area contributed by atoms with Crippen LogP contribution in [0.3, 0.4) is 0 Å². The van der Waals surface area contributed by atoms with E-state index in [1.807, 2.05) is 60.7 Å². The molecule has 3 amide bonds. The minimum Gasteiger partial charge on any atom is -0.497 e. The first-order chi connectivity index (χ1) is 24.1. The van der Waals surface area contributed by atoms with E-state index in [1.165, 1.54) is 5.19 Å². The fourth-order valence-electron chi connectivity index (χ4n) is 9.13. The number of carbonyl (C=O) groups is 3. The van der Waals surface area contributed by atoms with Crippen LogP contribution in [-0.4, -0.2) is 80.8 Å². The average molecular weight is 697 g/mol. The summed E-state index contributed by atoms with van der Waals surface area (Å²) in [6.45, 7) is 8.03. The van der Waals surface area contributed by atoms with Crippen LogP contribution < -0.4 is 25.5 Å². The third-order valence-corrected chi connectivity index (χ3v) is 16.0. The number of nitrogens with one attached hydrogen (secondary N) is 2.